The minimum atomic E-state index is -4.54. The van der Waals surface area contributed by atoms with Gasteiger partial charge >= 0.3 is 12.3 Å². The molecule has 2 rings (SSSR count). The van der Waals surface area contributed by atoms with Crippen LogP contribution in [0.3, 0.4) is 0 Å². The Morgan fingerprint density at radius 1 is 1.27 bits per heavy atom. The lowest BCUT2D eigenvalue weighted by Crippen LogP contribution is -2.44. The SMILES string of the molecule is O=C(NCCc1cccc(Cl)c1)C1CCN(C(=O)OCC(F)(F)F)CC1. The first-order chi connectivity index (χ1) is 12.2. The molecule has 1 aliphatic rings. The van der Waals surface area contributed by atoms with E-state index in [1.807, 2.05) is 18.2 Å². The van der Waals surface area contributed by atoms with E-state index in [9.17, 15) is 22.8 Å². The highest BCUT2D eigenvalue weighted by atomic mass is 35.5. The molecule has 1 fully saturated rings. The topological polar surface area (TPSA) is 58.6 Å². The smallest absolute Gasteiger partial charge is 0.422 e. The molecular weight excluding hydrogens is 373 g/mol. The number of hydrogen-bond donors (Lipinski definition) is 1. The van der Waals surface area contributed by atoms with Gasteiger partial charge < -0.3 is 15.0 Å². The molecule has 0 unspecified atom stereocenters. The third-order valence-electron chi connectivity index (χ3n) is 4.09. The summed E-state index contributed by atoms with van der Waals surface area (Å²) in [6.07, 6.45) is -4.11. The molecule has 0 aromatic heterocycles. The third-order valence-corrected chi connectivity index (χ3v) is 4.32. The second kappa shape index (κ2) is 9.12. The highest BCUT2D eigenvalue weighted by Crippen LogP contribution is 2.20. The maximum Gasteiger partial charge on any atom is 0.422 e. The van der Waals surface area contributed by atoms with Crippen molar-refractivity contribution in [1.82, 2.24) is 10.2 Å². The highest BCUT2D eigenvalue weighted by Gasteiger charge is 2.32. The lowest BCUT2D eigenvalue weighted by molar-refractivity contribution is -0.162. The average Bonchev–Trinajstić information content (AvgIpc) is 2.59. The fraction of sp³-hybridized carbons (Fsp3) is 0.529. The van der Waals surface area contributed by atoms with E-state index >= 15 is 0 Å². The van der Waals surface area contributed by atoms with Crippen LogP contribution >= 0.6 is 11.6 Å². The summed E-state index contributed by atoms with van der Waals surface area (Å²) in [5.41, 5.74) is 1.01. The zero-order valence-electron chi connectivity index (χ0n) is 14.0. The van der Waals surface area contributed by atoms with Gasteiger partial charge in [0.15, 0.2) is 6.61 Å². The summed E-state index contributed by atoms with van der Waals surface area (Å²) in [6.45, 7) is -0.741. The zero-order chi connectivity index (χ0) is 19.2. The first-order valence-electron chi connectivity index (χ1n) is 8.25. The first-order valence-corrected chi connectivity index (χ1v) is 8.63. The van der Waals surface area contributed by atoms with Crippen molar-refractivity contribution in [1.29, 1.82) is 0 Å². The van der Waals surface area contributed by atoms with Crippen LogP contribution in [0.4, 0.5) is 18.0 Å². The molecule has 26 heavy (non-hydrogen) atoms. The molecule has 5 nitrogen and oxygen atoms in total. The van der Waals surface area contributed by atoms with Gasteiger partial charge in [-0.25, -0.2) is 4.79 Å². The van der Waals surface area contributed by atoms with Crippen LogP contribution in [0.25, 0.3) is 0 Å². The van der Waals surface area contributed by atoms with E-state index in [4.69, 9.17) is 11.6 Å². The Morgan fingerprint density at radius 2 is 1.96 bits per heavy atom. The van der Waals surface area contributed by atoms with Crippen LogP contribution < -0.4 is 5.32 Å². The van der Waals surface area contributed by atoms with Crippen molar-refractivity contribution >= 4 is 23.6 Å². The number of halogens is 4. The van der Waals surface area contributed by atoms with Gasteiger partial charge in [-0.1, -0.05) is 23.7 Å². The molecule has 144 valence electrons. The van der Waals surface area contributed by atoms with Crippen LogP contribution in [-0.4, -0.2) is 49.3 Å². The van der Waals surface area contributed by atoms with Gasteiger partial charge in [0.1, 0.15) is 0 Å². The van der Waals surface area contributed by atoms with Gasteiger partial charge in [-0.15, -0.1) is 0 Å². The van der Waals surface area contributed by atoms with Crippen molar-refractivity contribution in [3.8, 4) is 0 Å². The standard InChI is InChI=1S/C17H20ClF3N2O3/c18-14-3-1-2-12(10-14)4-7-22-15(24)13-5-8-23(9-6-13)16(25)26-11-17(19,20)21/h1-3,10,13H,4-9,11H2,(H,22,24). The van der Waals surface area contributed by atoms with Gasteiger partial charge in [0.25, 0.3) is 0 Å². The number of rotatable bonds is 5. The van der Waals surface area contributed by atoms with Crippen molar-refractivity contribution in [3.05, 3.63) is 34.9 Å². The number of ether oxygens (including phenoxy) is 1. The number of benzene rings is 1. The predicted octanol–water partition coefficient (Wildman–Crippen LogP) is 3.41. The van der Waals surface area contributed by atoms with Crippen molar-refractivity contribution in [2.24, 2.45) is 5.92 Å². The van der Waals surface area contributed by atoms with Crippen LogP contribution in [-0.2, 0) is 16.0 Å². The Kier molecular flexibility index (Phi) is 7.14. The number of piperidine rings is 1. The Labute approximate surface area is 154 Å². The van der Waals surface area contributed by atoms with Gasteiger partial charge in [0.05, 0.1) is 0 Å². The number of hydrogen-bond acceptors (Lipinski definition) is 3. The minimum Gasteiger partial charge on any atom is -0.440 e. The lowest BCUT2D eigenvalue weighted by atomic mass is 9.96. The lowest BCUT2D eigenvalue weighted by Gasteiger charge is -2.30. The van der Waals surface area contributed by atoms with Crippen LogP contribution in [0, 0.1) is 5.92 Å². The summed E-state index contributed by atoms with van der Waals surface area (Å²) in [6, 6.07) is 7.37. The van der Waals surface area contributed by atoms with Gasteiger partial charge in [-0.3, -0.25) is 4.79 Å². The number of amides is 2. The maximum atomic E-state index is 12.2. The molecule has 0 spiro atoms. The molecule has 0 saturated carbocycles. The number of carbonyl (C=O) groups excluding carboxylic acids is 2. The molecule has 0 aliphatic carbocycles. The number of likely N-dealkylation sites (tertiary alicyclic amines) is 1. The van der Waals surface area contributed by atoms with E-state index in [0.29, 0.717) is 30.8 Å². The van der Waals surface area contributed by atoms with Crippen LogP contribution in [0.5, 0.6) is 0 Å². The summed E-state index contributed by atoms with van der Waals surface area (Å²) in [7, 11) is 0. The molecule has 9 heteroatoms. The number of alkyl halides is 3. The first kappa shape index (κ1) is 20.4. The van der Waals surface area contributed by atoms with Gasteiger partial charge in [0.2, 0.25) is 5.91 Å². The fourth-order valence-corrected chi connectivity index (χ4v) is 2.94. The second-order valence-electron chi connectivity index (χ2n) is 6.10. The van der Waals surface area contributed by atoms with Gasteiger partial charge in [-0.2, -0.15) is 13.2 Å². The molecule has 1 aromatic carbocycles. The van der Waals surface area contributed by atoms with E-state index in [1.54, 1.807) is 6.07 Å². The number of nitrogens with zero attached hydrogens (tertiary/aromatic N) is 1. The van der Waals surface area contributed by atoms with E-state index in [0.717, 1.165) is 5.56 Å². The van der Waals surface area contributed by atoms with Gasteiger partial charge in [0, 0.05) is 30.6 Å². The van der Waals surface area contributed by atoms with Crippen molar-refractivity contribution in [2.75, 3.05) is 26.2 Å². The molecular formula is C17H20ClF3N2O3. The Hall–Kier alpha value is -1.96. The molecule has 0 radical (unpaired) electrons. The molecule has 1 aromatic rings. The normalized spacial score (nSPS) is 15.6. The Morgan fingerprint density at radius 3 is 2.58 bits per heavy atom. The average molecular weight is 393 g/mol. The molecule has 1 heterocycles. The van der Waals surface area contributed by atoms with Crippen molar-refractivity contribution in [2.45, 2.75) is 25.4 Å². The minimum absolute atomic E-state index is 0.115. The fourth-order valence-electron chi connectivity index (χ4n) is 2.73. The third kappa shape index (κ3) is 6.74. The predicted molar refractivity (Wildman–Crippen MR) is 89.9 cm³/mol. The summed E-state index contributed by atoms with van der Waals surface area (Å²) < 4.78 is 40.4. The highest BCUT2D eigenvalue weighted by molar-refractivity contribution is 6.30. The number of nitrogens with one attached hydrogen (secondary N) is 1. The van der Waals surface area contributed by atoms with Crippen LogP contribution in [0.15, 0.2) is 24.3 Å². The summed E-state index contributed by atoms with van der Waals surface area (Å²) in [5.74, 6) is -0.378. The van der Waals surface area contributed by atoms with E-state index in [1.165, 1.54) is 4.90 Å². The van der Waals surface area contributed by atoms with E-state index < -0.39 is 18.9 Å². The molecule has 2 amide bonds. The summed E-state index contributed by atoms with van der Waals surface area (Å²) >= 11 is 5.90. The summed E-state index contributed by atoms with van der Waals surface area (Å²) in [4.78, 5) is 24.9. The van der Waals surface area contributed by atoms with Gasteiger partial charge in [-0.05, 0) is 37.0 Å². The van der Waals surface area contributed by atoms with E-state index in [-0.39, 0.29) is 24.9 Å². The monoisotopic (exact) mass is 392 g/mol. The van der Waals surface area contributed by atoms with Crippen LogP contribution in [0.2, 0.25) is 5.02 Å². The molecule has 0 atom stereocenters. The van der Waals surface area contributed by atoms with Crippen LogP contribution in [0.1, 0.15) is 18.4 Å². The van der Waals surface area contributed by atoms with Crippen molar-refractivity contribution < 1.29 is 27.5 Å². The number of carbonyl (C=O) groups is 2. The maximum absolute atomic E-state index is 12.2. The quantitative estimate of drug-likeness (QED) is 0.835. The zero-order valence-corrected chi connectivity index (χ0v) is 14.8. The molecule has 1 N–H and O–H groups in total. The Bertz CT molecular complexity index is 632. The Balaban J connectivity index is 1.68. The molecule has 1 aliphatic heterocycles. The van der Waals surface area contributed by atoms with E-state index in [2.05, 4.69) is 10.1 Å². The summed E-state index contributed by atoms with van der Waals surface area (Å²) in [5, 5.41) is 3.48. The largest absolute Gasteiger partial charge is 0.440 e. The second-order valence-corrected chi connectivity index (χ2v) is 6.54. The van der Waals surface area contributed by atoms with Crippen molar-refractivity contribution in [3.63, 3.8) is 0 Å². The molecule has 0 bridgehead atoms. The molecule has 1 saturated heterocycles.